The van der Waals surface area contributed by atoms with Crippen molar-refractivity contribution in [1.29, 1.82) is 0 Å². The number of rotatable bonds is 5. The number of esters is 1. The fourth-order valence-corrected chi connectivity index (χ4v) is 6.72. The Kier molecular flexibility index (Phi) is 7.54. The highest BCUT2D eigenvalue weighted by Gasteiger charge is 2.61. The Labute approximate surface area is 280 Å². The molecule has 0 aliphatic carbocycles. The van der Waals surface area contributed by atoms with E-state index in [1.54, 1.807) is 32.0 Å². The molecular weight excluding hydrogens is 637 g/mol. The van der Waals surface area contributed by atoms with Crippen molar-refractivity contribution in [3.8, 4) is 17.3 Å². The molecular formula is C35H36FN5O8. The number of amides is 2. The number of hydrogen-bond acceptors (Lipinski definition) is 11. The summed E-state index contributed by atoms with van der Waals surface area (Å²) in [7, 11) is 1.22. The maximum absolute atomic E-state index is 15.2. The van der Waals surface area contributed by atoms with Gasteiger partial charge in [0.25, 0.3) is 0 Å². The van der Waals surface area contributed by atoms with Gasteiger partial charge in [-0.05, 0) is 41.2 Å². The van der Waals surface area contributed by atoms with Gasteiger partial charge >= 0.3 is 5.97 Å². The van der Waals surface area contributed by atoms with Gasteiger partial charge in [0.1, 0.15) is 41.4 Å². The highest BCUT2D eigenvalue weighted by Crippen LogP contribution is 2.59. The van der Waals surface area contributed by atoms with Gasteiger partial charge in [0, 0.05) is 23.2 Å². The van der Waals surface area contributed by atoms with Crippen molar-refractivity contribution in [2.24, 2.45) is 11.3 Å². The number of methoxy groups -OCH3 is 1. The van der Waals surface area contributed by atoms with Gasteiger partial charge in [0.2, 0.25) is 23.6 Å². The first kappa shape index (κ1) is 32.3. The van der Waals surface area contributed by atoms with E-state index in [2.05, 4.69) is 20.9 Å². The van der Waals surface area contributed by atoms with Crippen LogP contribution in [-0.2, 0) is 26.2 Å². The third kappa shape index (κ3) is 5.12. The highest BCUT2D eigenvalue weighted by atomic mass is 19.1. The minimum atomic E-state index is -1.36. The molecule has 0 saturated carbocycles. The van der Waals surface area contributed by atoms with Crippen molar-refractivity contribution in [3.63, 3.8) is 0 Å². The number of aromatic nitrogens is 2. The van der Waals surface area contributed by atoms with E-state index < -0.39 is 58.8 Å². The number of halogens is 1. The highest BCUT2D eigenvalue weighted by molar-refractivity contribution is 5.90. The van der Waals surface area contributed by atoms with Gasteiger partial charge in [-0.15, -0.1) is 0 Å². The van der Waals surface area contributed by atoms with E-state index in [-0.39, 0.29) is 41.3 Å². The Morgan fingerprint density at radius 2 is 1.90 bits per heavy atom. The second-order valence-electron chi connectivity index (χ2n) is 14.0. The fourth-order valence-electron chi connectivity index (χ4n) is 6.72. The fraction of sp³-hybridized carbons (Fsp3) is 0.400. The van der Waals surface area contributed by atoms with E-state index in [0.717, 1.165) is 6.26 Å². The minimum absolute atomic E-state index is 0.0538. The first-order valence-electron chi connectivity index (χ1n) is 15.9. The topological polar surface area (TPSA) is 178 Å². The predicted molar refractivity (Wildman–Crippen MR) is 171 cm³/mol. The zero-order valence-corrected chi connectivity index (χ0v) is 27.7. The van der Waals surface area contributed by atoms with Gasteiger partial charge < -0.3 is 39.4 Å². The van der Waals surface area contributed by atoms with Crippen LogP contribution in [-0.4, -0.2) is 58.3 Å². The summed E-state index contributed by atoms with van der Waals surface area (Å²) in [5.74, 6) is -2.19. The number of ether oxygens (including phenoxy) is 2. The van der Waals surface area contributed by atoms with Crippen LogP contribution in [0.25, 0.3) is 11.6 Å². The summed E-state index contributed by atoms with van der Waals surface area (Å²) >= 11 is 0. The molecule has 14 heteroatoms. The first-order chi connectivity index (χ1) is 23.2. The Hall–Kier alpha value is -5.24. The zero-order chi connectivity index (χ0) is 35.0. The number of aliphatic hydroxyl groups excluding tert-OH is 1. The third-order valence-corrected chi connectivity index (χ3v) is 9.28. The van der Waals surface area contributed by atoms with Gasteiger partial charge in [-0.2, -0.15) is 0 Å². The molecule has 5 atom stereocenters. The van der Waals surface area contributed by atoms with Crippen molar-refractivity contribution < 1.29 is 42.2 Å². The number of fused-ring (bicyclic) bond motifs is 4. The van der Waals surface area contributed by atoms with E-state index in [1.165, 1.54) is 19.2 Å². The van der Waals surface area contributed by atoms with Crippen LogP contribution < -0.4 is 20.7 Å². The molecule has 4 aromatic rings. The predicted octanol–water partition coefficient (Wildman–Crippen LogP) is 3.99. The smallest absolute Gasteiger partial charge is 0.360 e. The lowest BCUT2D eigenvalue weighted by Gasteiger charge is -2.32. The molecule has 0 saturated heterocycles. The lowest BCUT2D eigenvalue weighted by Crippen LogP contribution is -2.53. The molecule has 2 amide bonds. The normalized spacial score (nSPS) is 22.9. The molecule has 13 nitrogen and oxygen atoms in total. The van der Waals surface area contributed by atoms with Gasteiger partial charge in [0.05, 0.1) is 7.11 Å². The summed E-state index contributed by atoms with van der Waals surface area (Å²) in [6, 6.07) is 7.71. The second-order valence-corrected chi connectivity index (χ2v) is 14.0. The molecule has 0 fully saturated rings. The molecule has 5 unspecified atom stereocenters. The molecule has 256 valence electrons. The Balaban J connectivity index is 1.51. The number of aliphatic hydroxyl groups is 1. The molecule has 2 aromatic heterocycles. The summed E-state index contributed by atoms with van der Waals surface area (Å²) in [6.45, 7) is 9.05. The van der Waals surface area contributed by atoms with Crippen LogP contribution in [0.15, 0.2) is 51.5 Å². The summed E-state index contributed by atoms with van der Waals surface area (Å²) < 4.78 is 39.0. The van der Waals surface area contributed by atoms with Crippen LogP contribution in [0, 0.1) is 17.2 Å². The molecule has 1 spiro atoms. The Morgan fingerprint density at radius 1 is 1.12 bits per heavy atom. The molecule has 2 aromatic carbocycles. The number of hydrogen-bond donors (Lipinski definition) is 4. The van der Waals surface area contributed by atoms with Gasteiger partial charge in [-0.25, -0.2) is 19.2 Å². The Bertz CT molecular complexity index is 2000. The molecule has 4 bridgehead atoms. The van der Waals surface area contributed by atoms with Crippen molar-refractivity contribution in [2.45, 2.75) is 70.9 Å². The van der Waals surface area contributed by atoms with Crippen LogP contribution in [0.5, 0.6) is 5.75 Å². The maximum Gasteiger partial charge on any atom is 0.360 e. The van der Waals surface area contributed by atoms with Crippen molar-refractivity contribution in [2.75, 3.05) is 12.4 Å². The number of nitrogens with one attached hydrogen (secondary N) is 3. The number of carbonyl (C=O) groups is 3. The molecule has 7 rings (SSSR count). The zero-order valence-electron chi connectivity index (χ0n) is 27.7. The molecule has 0 radical (unpaired) electrons. The molecule has 3 aliphatic rings. The number of carbonyl (C=O) groups excluding carboxylic acids is 3. The standard InChI is InChI=1S/C35H36FN5O8/c1-15(2)25(42)29(44)37-21-12-16-7-10-23-19(11-16)35(18-13-17(36)8-9-20(18)39-33(35)48-23)27-24(30-38-22(14-47-30)32(45)46-6)40-31(49-27)26(34(3,4)5)41-28(21)43/h7-11,13-15,21,25-26,33,39,42H,12H2,1-6H3,(H,37,44)(H,41,43). The van der Waals surface area contributed by atoms with Crippen LogP contribution in [0.4, 0.5) is 10.1 Å². The van der Waals surface area contributed by atoms with E-state index in [0.29, 0.717) is 28.1 Å². The maximum atomic E-state index is 15.2. The van der Waals surface area contributed by atoms with E-state index in [9.17, 15) is 19.5 Å². The van der Waals surface area contributed by atoms with E-state index in [4.69, 9.17) is 23.3 Å². The number of anilines is 1. The van der Waals surface area contributed by atoms with Crippen LogP contribution >= 0.6 is 0 Å². The number of oxazole rings is 2. The summed E-state index contributed by atoms with van der Waals surface area (Å²) in [5, 5.41) is 19.6. The van der Waals surface area contributed by atoms with Gasteiger partial charge in [-0.1, -0.05) is 46.8 Å². The quantitative estimate of drug-likeness (QED) is 0.225. The van der Waals surface area contributed by atoms with Crippen molar-refractivity contribution >= 4 is 23.5 Å². The average molecular weight is 674 g/mol. The number of benzene rings is 2. The molecule has 5 heterocycles. The summed E-state index contributed by atoms with van der Waals surface area (Å²) in [4.78, 5) is 48.8. The largest absolute Gasteiger partial charge is 0.469 e. The van der Waals surface area contributed by atoms with E-state index >= 15 is 4.39 Å². The molecule has 49 heavy (non-hydrogen) atoms. The van der Waals surface area contributed by atoms with Crippen molar-refractivity contribution in [3.05, 3.63) is 82.5 Å². The van der Waals surface area contributed by atoms with Crippen molar-refractivity contribution in [1.82, 2.24) is 20.6 Å². The SMILES string of the molecule is COC(=O)c1coc(-c2nc3oc2C24c5cc(F)ccc5NC2Oc2ccc(cc24)CC(NC(=O)C(O)C(C)C)C(=O)NC3C(C)(C)C)n1. The second kappa shape index (κ2) is 11.4. The van der Waals surface area contributed by atoms with Crippen LogP contribution in [0.1, 0.15) is 79.5 Å². The molecule has 3 aliphatic heterocycles. The monoisotopic (exact) mass is 673 g/mol. The first-order valence-corrected chi connectivity index (χ1v) is 15.9. The van der Waals surface area contributed by atoms with E-state index in [1.807, 2.05) is 26.8 Å². The minimum Gasteiger partial charge on any atom is -0.469 e. The lowest BCUT2D eigenvalue weighted by atomic mass is 9.72. The van der Waals surface area contributed by atoms with Gasteiger partial charge in [-0.3, -0.25) is 9.59 Å². The lowest BCUT2D eigenvalue weighted by molar-refractivity contribution is -0.136. The van der Waals surface area contributed by atoms with Gasteiger partial charge in [0.15, 0.2) is 23.4 Å². The summed E-state index contributed by atoms with van der Waals surface area (Å²) in [5.41, 5.74) is 0.236. The Morgan fingerprint density at radius 3 is 2.61 bits per heavy atom. The third-order valence-electron chi connectivity index (χ3n) is 9.28. The van der Waals surface area contributed by atoms with Crippen LogP contribution in [0.3, 0.4) is 0 Å². The summed E-state index contributed by atoms with van der Waals surface area (Å²) in [6.07, 6.45) is -0.986. The molecule has 4 N–H and O–H groups in total. The number of nitrogens with zero attached hydrogens (tertiary/aromatic N) is 2. The van der Waals surface area contributed by atoms with Crippen LogP contribution in [0.2, 0.25) is 0 Å². The average Bonchev–Trinajstić information content (AvgIpc) is 3.83.